The van der Waals surface area contributed by atoms with E-state index < -0.39 is 0 Å². The van der Waals surface area contributed by atoms with Crippen LogP contribution in [0, 0.1) is 5.92 Å². The van der Waals surface area contributed by atoms with E-state index in [2.05, 4.69) is 32.3 Å². The fraction of sp³-hybridized carbons (Fsp3) is 0.250. The molecule has 2 aromatic carbocycles. The molecule has 0 fully saturated rings. The minimum Gasteiger partial charge on any atom is -0.497 e. The highest BCUT2D eigenvalue weighted by Gasteiger charge is 2.27. The van der Waals surface area contributed by atoms with Crippen LogP contribution in [0.15, 0.2) is 46.9 Å². The maximum absolute atomic E-state index is 12.7. The van der Waals surface area contributed by atoms with Crippen molar-refractivity contribution in [2.24, 2.45) is 5.92 Å². The van der Waals surface area contributed by atoms with Gasteiger partial charge >= 0.3 is 0 Å². The van der Waals surface area contributed by atoms with E-state index in [1.165, 1.54) is 11.3 Å². The van der Waals surface area contributed by atoms with Gasteiger partial charge in [-0.1, -0.05) is 22.0 Å². The molecule has 4 rings (SSSR count). The fourth-order valence-corrected chi connectivity index (χ4v) is 3.96. The van der Waals surface area contributed by atoms with Crippen LogP contribution in [0.4, 0.5) is 5.69 Å². The average molecular weight is 399 g/mol. The Hall–Kier alpha value is -2.27. The van der Waals surface area contributed by atoms with Crippen molar-refractivity contribution in [3.05, 3.63) is 58.2 Å². The second-order valence-electron chi connectivity index (χ2n) is 6.43. The minimum absolute atomic E-state index is 0.0170. The Bertz CT molecular complexity index is 948. The number of fused-ring (bicyclic) bond motifs is 3. The van der Waals surface area contributed by atoms with E-state index >= 15 is 0 Å². The average Bonchev–Trinajstić information content (AvgIpc) is 2.98. The Balaban J connectivity index is 1.58. The first-order valence-electron chi connectivity index (χ1n) is 8.38. The summed E-state index contributed by atoms with van der Waals surface area (Å²) in [5, 5.41) is 4.20. The van der Waals surface area contributed by atoms with Gasteiger partial charge in [0.25, 0.3) is 0 Å². The molecule has 1 amide bonds. The molecule has 128 valence electrons. The second kappa shape index (κ2) is 6.56. The standard InChI is InChI=1S/C20H19BrN2O2/c1-25-15-6-8-19-17(11-15)16-9-12(5-7-18(16)23-19)20(24)22-14-4-2-3-13(21)10-14/h2-4,6,8,10-12,23H,5,7,9H2,1H3,(H,22,24). The number of rotatable bonds is 3. The molecule has 1 aliphatic carbocycles. The van der Waals surface area contributed by atoms with Gasteiger partial charge in [-0.2, -0.15) is 0 Å². The number of halogens is 1. The zero-order valence-electron chi connectivity index (χ0n) is 13.9. The largest absolute Gasteiger partial charge is 0.497 e. The normalized spacial score (nSPS) is 16.5. The molecule has 1 atom stereocenters. The molecule has 0 radical (unpaired) electrons. The summed E-state index contributed by atoms with van der Waals surface area (Å²) in [6.45, 7) is 0. The van der Waals surface area contributed by atoms with E-state index in [0.717, 1.165) is 46.1 Å². The van der Waals surface area contributed by atoms with Crippen molar-refractivity contribution in [2.45, 2.75) is 19.3 Å². The maximum atomic E-state index is 12.7. The molecule has 25 heavy (non-hydrogen) atoms. The number of nitrogens with one attached hydrogen (secondary N) is 2. The SMILES string of the molecule is COc1ccc2[nH]c3c(c2c1)CC(C(=O)Nc1cccc(Br)c1)CC3. The van der Waals surface area contributed by atoms with Crippen LogP contribution in [0.2, 0.25) is 0 Å². The number of aromatic amines is 1. The Kier molecular flexibility index (Phi) is 4.25. The van der Waals surface area contributed by atoms with Crippen molar-refractivity contribution in [1.29, 1.82) is 0 Å². The van der Waals surface area contributed by atoms with E-state index in [1.807, 2.05) is 36.4 Å². The number of carbonyl (C=O) groups excluding carboxylic acids is 1. The first-order chi connectivity index (χ1) is 12.1. The van der Waals surface area contributed by atoms with Gasteiger partial charge in [-0.25, -0.2) is 0 Å². The van der Waals surface area contributed by atoms with Gasteiger partial charge in [0.2, 0.25) is 5.91 Å². The van der Waals surface area contributed by atoms with E-state index in [9.17, 15) is 4.79 Å². The Morgan fingerprint density at radius 2 is 2.16 bits per heavy atom. The number of carbonyl (C=O) groups is 1. The lowest BCUT2D eigenvalue weighted by Crippen LogP contribution is -2.28. The third-order valence-electron chi connectivity index (χ3n) is 4.86. The van der Waals surface area contributed by atoms with Gasteiger partial charge in [-0.3, -0.25) is 4.79 Å². The third-order valence-corrected chi connectivity index (χ3v) is 5.35. The van der Waals surface area contributed by atoms with Gasteiger partial charge in [0.05, 0.1) is 7.11 Å². The van der Waals surface area contributed by atoms with Crippen LogP contribution in [0.3, 0.4) is 0 Å². The van der Waals surface area contributed by atoms with Crippen LogP contribution >= 0.6 is 15.9 Å². The number of ether oxygens (including phenoxy) is 1. The number of aromatic nitrogens is 1. The van der Waals surface area contributed by atoms with E-state index in [4.69, 9.17) is 4.74 Å². The predicted octanol–water partition coefficient (Wildman–Crippen LogP) is 4.68. The highest BCUT2D eigenvalue weighted by atomic mass is 79.9. The summed E-state index contributed by atoms with van der Waals surface area (Å²) in [4.78, 5) is 16.2. The van der Waals surface area contributed by atoms with Gasteiger partial charge < -0.3 is 15.0 Å². The van der Waals surface area contributed by atoms with Crippen molar-refractivity contribution >= 4 is 38.4 Å². The minimum atomic E-state index is -0.0170. The topological polar surface area (TPSA) is 54.1 Å². The smallest absolute Gasteiger partial charge is 0.227 e. The van der Waals surface area contributed by atoms with E-state index in [0.29, 0.717) is 0 Å². The zero-order valence-corrected chi connectivity index (χ0v) is 15.5. The zero-order chi connectivity index (χ0) is 17.4. The number of aryl methyl sites for hydroxylation is 1. The summed E-state index contributed by atoms with van der Waals surface area (Å²) < 4.78 is 6.31. The Labute approximate surface area is 154 Å². The Morgan fingerprint density at radius 1 is 1.28 bits per heavy atom. The van der Waals surface area contributed by atoms with Gasteiger partial charge in [-0.15, -0.1) is 0 Å². The van der Waals surface area contributed by atoms with E-state index in [1.54, 1.807) is 7.11 Å². The molecular formula is C20H19BrN2O2. The quantitative estimate of drug-likeness (QED) is 0.672. The first-order valence-corrected chi connectivity index (χ1v) is 9.17. The van der Waals surface area contributed by atoms with Crippen LogP contribution < -0.4 is 10.1 Å². The van der Waals surface area contributed by atoms with Crippen molar-refractivity contribution in [2.75, 3.05) is 12.4 Å². The molecule has 3 aromatic rings. The molecule has 0 saturated carbocycles. The number of amides is 1. The van der Waals surface area contributed by atoms with Crippen LogP contribution in [0.25, 0.3) is 10.9 Å². The number of hydrogen-bond acceptors (Lipinski definition) is 2. The van der Waals surface area contributed by atoms with E-state index in [-0.39, 0.29) is 11.8 Å². The molecule has 0 saturated heterocycles. The summed E-state index contributed by atoms with van der Waals surface area (Å²) in [5.41, 5.74) is 4.42. The predicted molar refractivity (Wildman–Crippen MR) is 103 cm³/mol. The summed E-state index contributed by atoms with van der Waals surface area (Å²) in [7, 11) is 1.68. The van der Waals surface area contributed by atoms with Crippen molar-refractivity contribution in [3.8, 4) is 5.75 Å². The van der Waals surface area contributed by atoms with Crippen LogP contribution in [0.1, 0.15) is 17.7 Å². The summed E-state index contributed by atoms with van der Waals surface area (Å²) in [6.07, 6.45) is 2.50. The van der Waals surface area contributed by atoms with Crippen LogP contribution in [-0.4, -0.2) is 18.0 Å². The van der Waals surface area contributed by atoms with Crippen LogP contribution in [0.5, 0.6) is 5.75 Å². The number of benzene rings is 2. The molecule has 0 bridgehead atoms. The molecular weight excluding hydrogens is 380 g/mol. The summed E-state index contributed by atoms with van der Waals surface area (Å²) >= 11 is 3.44. The van der Waals surface area contributed by atoms with Gasteiger partial charge in [0, 0.05) is 32.7 Å². The summed E-state index contributed by atoms with van der Waals surface area (Å²) in [6, 6.07) is 13.8. The maximum Gasteiger partial charge on any atom is 0.227 e. The molecule has 5 heteroatoms. The highest BCUT2D eigenvalue weighted by Crippen LogP contribution is 2.34. The lowest BCUT2D eigenvalue weighted by molar-refractivity contribution is -0.120. The van der Waals surface area contributed by atoms with Crippen molar-refractivity contribution < 1.29 is 9.53 Å². The lowest BCUT2D eigenvalue weighted by Gasteiger charge is -2.22. The fourth-order valence-electron chi connectivity index (χ4n) is 3.56. The van der Waals surface area contributed by atoms with Gasteiger partial charge in [0.1, 0.15) is 5.75 Å². The Morgan fingerprint density at radius 3 is 2.96 bits per heavy atom. The molecule has 0 aliphatic heterocycles. The molecule has 1 heterocycles. The molecule has 0 spiro atoms. The summed E-state index contributed by atoms with van der Waals surface area (Å²) in [5.74, 6) is 0.910. The number of methoxy groups -OCH3 is 1. The molecule has 1 aliphatic rings. The van der Waals surface area contributed by atoms with Crippen molar-refractivity contribution in [3.63, 3.8) is 0 Å². The molecule has 1 aromatic heterocycles. The number of H-pyrrole nitrogens is 1. The second-order valence-corrected chi connectivity index (χ2v) is 7.35. The van der Waals surface area contributed by atoms with Crippen LogP contribution in [-0.2, 0) is 17.6 Å². The molecule has 1 unspecified atom stereocenters. The third kappa shape index (κ3) is 3.16. The van der Waals surface area contributed by atoms with Gasteiger partial charge in [0.15, 0.2) is 0 Å². The first kappa shape index (κ1) is 16.2. The molecule has 2 N–H and O–H groups in total. The molecule has 4 nitrogen and oxygen atoms in total. The van der Waals surface area contributed by atoms with Gasteiger partial charge in [-0.05, 0) is 61.2 Å². The lowest BCUT2D eigenvalue weighted by atomic mass is 9.85. The number of anilines is 1. The number of hydrogen-bond donors (Lipinski definition) is 2. The highest BCUT2D eigenvalue weighted by molar-refractivity contribution is 9.10. The monoisotopic (exact) mass is 398 g/mol. The van der Waals surface area contributed by atoms with Crippen molar-refractivity contribution in [1.82, 2.24) is 4.98 Å².